The zero-order valence-electron chi connectivity index (χ0n) is 12.1. The average molecular weight is 331 g/mol. The molecule has 1 aliphatic heterocycles. The Morgan fingerprint density at radius 3 is 2.57 bits per heavy atom. The summed E-state index contributed by atoms with van der Waals surface area (Å²) in [6.07, 6.45) is 4.75. The average Bonchev–Trinajstić information content (AvgIpc) is 3.04. The summed E-state index contributed by atoms with van der Waals surface area (Å²) in [6, 6.07) is 7.75. The highest BCUT2D eigenvalue weighted by Crippen LogP contribution is 2.46. The van der Waals surface area contributed by atoms with Gasteiger partial charge in [0.05, 0.1) is 12.1 Å². The van der Waals surface area contributed by atoms with E-state index in [0.717, 1.165) is 0 Å². The molecule has 0 aromatic heterocycles. The Hall–Kier alpha value is -2.66. The first-order valence-corrected chi connectivity index (χ1v) is 7.12. The van der Waals surface area contributed by atoms with Gasteiger partial charge >= 0.3 is 0 Å². The van der Waals surface area contributed by atoms with E-state index in [4.69, 9.17) is 16.3 Å². The Labute approximate surface area is 137 Å². The molecule has 0 saturated heterocycles. The lowest BCUT2D eigenvalue weighted by Crippen LogP contribution is -1.95. The van der Waals surface area contributed by atoms with Gasteiger partial charge < -0.3 is 9.84 Å². The van der Waals surface area contributed by atoms with Crippen molar-refractivity contribution in [3.63, 3.8) is 0 Å². The first kappa shape index (κ1) is 15.2. The van der Waals surface area contributed by atoms with Gasteiger partial charge in [-0.1, -0.05) is 29.8 Å². The number of ether oxygens (including phenoxy) is 1. The van der Waals surface area contributed by atoms with Crippen molar-refractivity contribution in [1.29, 1.82) is 0 Å². The molecular weight excluding hydrogens is 319 g/mol. The van der Waals surface area contributed by atoms with E-state index in [9.17, 15) is 9.50 Å². The van der Waals surface area contributed by atoms with Crippen LogP contribution in [-0.2, 0) is 0 Å². The lowest BCUT2D eigenvalue weighted by atomic mass is 9.97. The summed E-state index contributed by atoms with van der Waals surface area (Å²) in [4.78, 5) is 8.14. The number of benzene rings is 2. The molecule has 0 amide bonds. The molecule has 0 unspecified atom stereocenters. The summed E-state index contributed by atoms with van der Waals surface area (Å²) in [6.45, 7) is 0. The second kappa shape index (κ2) is 6.22. The third-order valence-corrected chi connectivity index (χ3v) is 3.64. The second-order valence-electron chi connectivity index (χ2n) is 4.74. The van der Waals surface area contributed by atoms with Crippen molar-refractivity contribution in [2.45, 2.75) is 0 Å². The molecule has 2 aromatic rings. The number of aromatic hydroxyl groups is 1. The van der Waals surface area contributed by atoms with Crippen molar-refractivity contribution in [2.24, 2.45) is 9.98 Å². The van der Waals surface area contributed by atoms with Crippen molar-refractivity contribution in [3.05, 3.63) is 52.6 Å². The van der Waals surface area contributed by atoms with Crippen molar-refractivity contribution in [3.8, 4) is 22.6 Å². The van der Waals surface area contributed by atoms with Crippen molar-refractivity contribution in [1.82, 2.24) is 0 Å². The number of aliphatic imine (C=N–C) groups is 2. The van der Waals surface area contributed by atoms with E-state index in [-0.39, 0.29) is 22.1 Å². The van der Waals surface area contributed by atoms with Gasteiger partial charge in [-0.25, -0.2) is 14.4 Å². The first-order valence-electron chi connectivity index (χ1n) is 6.74. The molecule has 0 fully saturated rings. The molecule has 1 aliphatic rings. The quantitative estimate of drug-likeness (QED) is 0.911. The molecule has 0 bridgehead atoms. The number of phenols is 1. The lowest BCUT2D eigenvalue weighted by molar-refractivity contribution is 0.375. The van der Waals surface area contributed by atoms with Crippen LogP contribution in [-0.4, -0.2) is 24.6 Å². The second-order valence-corrected chi connectivity index (χ2v) is 5.15. The van der Waals surface area contributed by atoms with Gasteiger partial charge in [-0.15, -0.1) is 0 Å². The Kier molecular flexibility index (Phi) is 4.12. The maximum Gasteiger partial charge on any atom is 0.177 e. The maximum absolute atomic E-state index is 14.3. The minimum Gasteiger partial charge on any atom is -0.503 e. The van der Waals surface area contributed by atoms with Crippen LogP contribution in [0, 0.1) is 5.82 Å². The molecule has 1 N–H and O–H groups in total. The Morgan fingerprint density at radius 2 is 1.91 bits per heavy atom. The minimum atomic E-state index is -0.439. The van der Waals surface area contributed by atoms with Gasteiger partial charge in [0.15, 0.2) is 17.3 Å². The molecule has 6 heteroatoms. The van der Waals surface area contributed by atoms with Gasteiger partial charge in [-0.05, 0) is 23.8 Å². The van der Waals surface area contributed by atoms with Crippen LogP contribution >= 0.6 is 11.6 Å². The van der Waals surface area contributed by atoms with Crippen LogP contribution in [0.1, 0.15) is 5.56 Å². The van der Waals surface area contributed by atoms with Crippen LogP contribution in [0.3, 0.4) is 0 Å². The minimum absolute atomic E-state index is 0.0970. The van der Waals surface area contributed by atoms with Gasteiger partial charge in [0.1, 0.15) is 5.82 Å². The molecule has 0 saturated carbocycles. The van der Waals surface area contributed by atoms with Crippen LogP contribution in [0.5, 0.6) is 11.5 Å². The molecule has 23 heavy (non-hydrogen) atoms. The molecule has 116 valence electrons. The number of hydrogen-bond acceptors (Lipinski definition) is 4. The number of hydrogen-bond donors (Lipinski definition) is 1. The topological polar surface area (TPSA) is 54.2 Å². The van der Waals surface area contributed by atoms with Crippen LogP contribution in [0.2, 0.25) is 5.02 Å². The predicted molar refractivity (Wildman–Crippen MR) is 90.0 cm³/mol. The summed E-state index contributed by atoms with van der Waals surface area (Å²) in [5.41, 5.74) is 1.22. The van der Waals surface area contributed by atoms with Gasteiger partial charge in [0.2, 0.25) is 0 Å². The van der Waals surface area contributed by atoms with Gasteiger partial charge in [-0.3, -0.25) is 0 Å². The van der Waals surface area contributed by atoms with Gasteiger partial charge in [-0.2, -0.15) is 0 Å². The highest BCUT2D eigenvalue weighted by molar-refractivity contribution is 6.32. The fourth-order valence-corrected chi connectivity index (χ4v) is 2.56. The van der Waals surface area contributed by atoms with E-state index in [2.05, 4.69) is 9.98 Å². The summed E-state index contributed by atoms with van der Waals surface area (Å²) in [5.74, 6) is -0.134. The van der Waals surface area contributed by atoms with E-state index in [1.54, 1.807) is 36.7 Å². The number of methoxy groups -OCH3 is 1. The first-order chi connectivity index (χ1) is 11.1. The summed E-state index contributed by atoms with van der Waals surface area (Å²) in [7, 11) is 1.39. The Bertz CT molecular complexity index is 846. The van der Waals surface area contributed by atoms with Crippen molar-refractivity contribution in [2.75, 3.05) is 7.11 Å². The van der Waals surface area contributed by atoms with Gasteiger partial charge in [0, 0.05) is 23.6 Å². The summed E-state index contributed by atoms with van der Waals surface area (Å²) >= 11 is 6.05. The molecule has 3 rings (SSSR count). The monoisotopic (exact) mass is 330 g/mol. The van der Waals surface area contributed by atoms with E-state index in [1.165, 1.54) is 19.2 Å². The number of phenolic OH excluding ortho intramolecular Hbond substituents is 1. The number of halogens is 2. The highest BCUT2D eigenvalue weighted by Gasteiger charge is 2.21. The van der Waals surface area contributed by atoms with Crippen LogP contribution in [0.15, 0.2) is 46.1 Å². The molecule has 0 radical (unpaired) electrons. The largest absolute Gasteiger partial charge is 0.503 e. The molecule has 4 nitrogen and oxygen atoms in total. The van der Waals surface area contributed by atoms with Crippen LogP contribution in [0.25, 0.3) is 17.2 Å². The molecule has 1 heterocycles. The van der Waals surface area contributed by atoms with Crippen molar-refractivity contribution >= 4 is 30.1 Å². The normalized spacial score (nSPS) is 12.7. The van der Waals surface area contributed by atoms with Crippen LogP contribution < -0.4 is 4.74 Å². The standard InChI is InChI=1S/C17H12ClFN2O2/c1-23-17-15(11-4-2-3-5-13(11)19)10(8-12(18)16(17)22)9-14-20-6-7-21-14/h2-9,22H,1H3. The SMILES string of the molecule is COc1c(O)c(Cl)cc(C=C2N=CC=N2)c1-c1ccccc1F. The van der Waals surface area contributed by atoms with E-state index >= 15 is 0 Å². The van der Waals surface area contributed by atoms with E-state index in [1.807, 2.05) is 0 Å². The molecule has 0 atom stereocenters. The Balaban J connectivity index is 2.33. The summed E-state index contributed by atoms with van der Waals surface area (Å²) in [5, 5.41) is 10.3. The Morgan fingerprint density at radius 1 is 1.22 bits per heavy atom. The predicted octanol–water partition coefficient (Wildman–Crippen LogP) is 4.31. The highest BCUT2D eigenvalue weighted by atomic mass is 35.5. The fourth-order valence-electron chi connectivity index (χ4n) is 2.36. The molecule has 0 spiro atoms. The molecule has 0 aliphatic carbocycles. The summed E-state index contributed by atoms with van der Waals surface area (Å²) < 4.78 is 19.5. The number of rotatable bonds is 3. The molecule has 2 aromatic carbocycles. The molecular formula is C17H12ClFN2O2. The van der Waals surface area contributed by atoms with E-state index < -0.39 is 5.82 Å². The smallest absolute Gasteiger partial charge is 0.177 e. The lowest BCUT2D eigenvalue weighted by Gasteiger charge is -2.15. The fraction of sp³-hybridized carbons (Fsp3) is 0.0588. The van der Waals surface area contributed by atoms with E-state index in [0.29, 0.717) is 16.9 Å². The van der Waals surface area contributed by atoms with Crippen molar-refractivity contribution < 1.29 is 14.2 Å². The zero-order valence-corrected chi connectivity index (χ0v) is 12.9. The van der Waals surface area contributed by atoms with Gasteiger partial charge in [0.25, 0.3) is 0 Å². The maximum atomic E-state index is 14.3. The third kappa shape index (κ3) is 2.83. The zero-order chi connectivity index (χ0) is 16.4. The number of nitrogens with zero attached hydrogens (tertiary/aromatic N) is 2. The van der Waals surface area contributed by atoms with Crippen LogP contribution in [0.4, 0.5) is 4.39 Å². The third-order valence-electron chi connectivity index (χ3n) is 3.35.